The highest BCUT2D eigenvalue weighted by atomic mass is 32.1. The summed E-state index contributed by atoms with van der Waals surface area (Å²) in [6.07, 6.45) is 8.26. The minimum Gasteiger partial charge on any atom is -0.174 e. The molecule has 0 saturated heterocycles. The monoisotopic (exact) mass is 202 g/mol. The van der Waals surface area contributed by atoms with Crippen molar-refractivity contribution in [3.8, 4) is 0 Å². The van der Waals surface area contributed by atoms with Crippen LogP contribution in [0.1, 0.15) is 10.4 Å². The van der Waals surface area contributed by atoms with Crippen LogP contribution < -0.4 is 4.57 Å². The van der Waals surface area contributed by atoms with Crippen LogP contribution in [-0.2, 0) is 0 Å². The van der Waals surface area contributed by atoms with E-state index in [1.54, 1.807) is 11.3 Å². The van der Waals surface area contributed by atoms with E-state index in [-0.39, 0.29) is 0 Å². The molecule has 14 heavy (non-hydrogen) atoms. The van der Waals surface area contributed by atoms with Crippen molar-refractivity contribution in [3.63, 3.8) is 0 Å². The number of nitrogens with zero attached hydrogens (tertiary/aromatic N) is 1. The van der Waals surface area contributed by atoms with Crippen molar-refractivity contribution in [2.75, 3.05) is 0 Å². The van der Waals surface area contributed by atoms with Gasteiger partial charge in [0.1, 0.15) is 0 Å². The maximum atomic E-state index is 2.14. The lowest BCUT2D eigenvalue weighted by molar-refractivity contribution is -0.567. The molecular formula is C12H12NS+. The number of aromatic nitrogens is 1. The predicted octanol–water partition coefficient (Wildman–Crippen LogP) is 2.97. The summed E-state index contributed by atoms with van der Waals surface area (Å²) in [7, 11) is 0. The Balaban J connectivity index is 2.20. The lowest BCUT2D eigenvalue weighted by Crippen LogP contribution is -2.23. The summed E-state index contributed by atoms with van der Waals surface area (Å²) < 4.78 is 2.04. The molecule has 0 radical (unpaired) electrons. The number of pyridine rings is 1. The van der Waals surface area contributed by atoms with Gasteiger partial charge in [0.15, 0.2) is 18.6 Å². The fourth-order valence-electron chi connectivity index (χ4n) is 1.22. The minimum absolute atomic E-state index is 1.32. The molecule has 2 heteroatoms. The van der Waals surface area contributed by atoms with Crippen LogP contribution in [0.3, 0.4) is 0 Å². The Labute approximate surface area is 88.0 Å². The van der Waals surface area contributed by atoms with Gasteiger partial charge in [-0.1, -0.05) is 6.07 Å². The van der Waals surface area contributed by atoms with Gasteiger partial charge in [-0.25, -0.2) is 0 Å². The van der Waals surface area contributed by atoms with Gasteiger partial charge in [0.05, 0.1) is 0 Å². The molecule has 0 spiro atoms. The van der Waals surface area contributed by atoms with Gasteiger partial charge in [-0.2, -0.15) is 4.57 Å². The van der Waals surface area contributed by atoms with Crippen molar-refractivity contribution < 1.29 is 4.57 Å². The standard InChI is InChI=1S/C12H12NS/c1-11-6-10-14-12(11)5-9-13-7-3-2-4-8-13/h2-10H,1H3/q+1/b9-5+. The fraction of sp³-hybridized carbons (Fsp3) is 0.0833. The molecule has 0 aliphatic carbocycles. The molecule has 0 bridgehead atoms. The Kier molecular flexibility index (Phi) is 2.75. The number of hydrogen-bond donors (Lipinski definition) is 0. The van der Waals surface area contributed by atoms with Gasteiger partial charge >= 0.3 is 0 Å². The van der Waals surface area contributed by atoms with Crippen molar-refractivity contribution >= 4 is 23.6 Å². The van der Waals surface area contributed by atoms with Crippen molar-refractivity contribution in [2.24, 2.45) is 0 Å². The highest BCUT2D eigenvalue weighted by Crippen LogP contribution is 2.16. The molecule has 0 amide bonds. The normalized spacial score (nSPS) is 10.9. The third-order valence-electron chi connectivity index (χ3n) is 2.04. The van der Waals surface area contributed by atoms with Crippen molar-refractivity contribution in [3.05, 3.63) is 52.5 Å². The average Bonchev–Trinajstić information content (AvgIpc) is 2.63. The topological polar surface area (TPSA) is 3.88 Å². The van der Waals surface area contributed by atoms with Gasteiger partial charge in [-0.3, -0.25) is 0 Å². The molecule has 0 saturated carbocycles. The van der Waals surface area contributed by atoms with E-state index in [0.29, 0.717) is 0 Å². The first-order chi connectivity index (χ1) is 6.86. The first-order valence-corrected chi connectivity index (χ1v) is 5.42. The maximum absolute atomic E-state index is 2.14. The van der Waals surface area contributed by atoms with Crippen molar-refractivity contribution in [1.29, 1.82) is 0 Å². The average molecular weight is 202 g/mol. The third-order valence-corrected chi connectivity index (χ3v) is 3.02. The molecular weight excluding hydrogens is 190 g/mol. The van der Waals surface area contributed by atoms with E-state index in [2.05, 4.69) is 30.6 Å². The van der Waals surface area contributed by atoms with E-state index >= 15 is 0 Å². The van der Waals surface area contributed by atoms with E-state index < -0.39 is 0 Å². The largest absolute Gasteiger partial charge is 0.175 e. The Morgan fingerprint density at radius 2 is 2.00 bits per heavy atom. The molecule has 2 rings (SSSR count). The highest BCUT2D eigenvalue weighted by Gasteiger charge is 1.96. The predicted molar refractivity (Wildman–Crippen MR) is 60.9 cm³/mol. The molecule has 2 heterocycles. The summed E-state index contributed by atoms with van der Waals surface area (Å²) in [6.45, 7) is 2.13. The first kappa shape index (κ1) is 9.16. The second-order valence-corrected chi connectivity index (χ2v) is 4.05. The third kappa shape index (κ3) is 2.09. The van der Waals surface area contributed by atoms with Crippen LogP contribution in [0, 0.1) is 6.92 Å². The second-order valence-electron chi connectivity index (χ2n) is 3.11. The van der Waals surface area contributed by atoms with Gasteiger partial charge in [-0.05, 0) is 23.9 Å². The van der Waals surface area contributed by atoms with Gasteiger partial charge < -0.3 is 0 Å². The van der Waals surface area contributed by atoms with Crippen LogP contribution in [0.5, 0.6) is 0 Å². The highest BCUT2D eigenvalue weighted by molar-refractivity contribution is 7.11. The fourth-order valence-corrected chi connectivity index (χ4v) is 2.03. The van der Waals surface area contributed by atoms with E-state index in [9.17, 15) is 0 Å². The molecule has 1 nitrogen and oxygen atoms in total. The zero-order chi connectivity index (χ0) is 9.80. The molecule has 70 valence electrons. The SMILES string of the molecule is Cc1ccsc1/C=C/[n+]1ccccc1. The van der Waals surface area contributed by atoms with Gasteiger partial charge in [0, 0.05) is 23.1 Å². The van der Waals surface area contributed by atoms with E-state index in [1.165, 1.54) is 10.4 Å². The number of aryl methyl sites for hydroxylation is 1. The van der Waals surface area contributed by atoms with E-state index in [4.69, 9.17) is 0 Å². The van der Waals surface area contributed by atoms with E-state index in [0.717, 1.165) is 0 Å². The zero-order valence-corrected chi connectivity index (χ0v) is 8.87. The van der Waals surface area contributed by atoms with Gasteiger partial charge in [0.25, 0.3) is 0 Å². The molecule has 0 aliphatic heterocycles. The Hall–Kier alpha value is -1.41. The summed E-state index contributed by atoms with van der Waals surface area (Å²) in [4.78, 5) is 1.32. The van der Waals surface area contributed by atoms with Crippen LogP contribution in [0.2, 0.25) is 0 Å². The summed E-state index contributed by atoms with van der Waals surface area (Å²) in [5.74, 6) is 0. The van der Waals surface area contributed by atoms with Crippen molar-refractivity contribution in [2.45, 2.75) is 6.92 Å². The first-order valence-electron chi connectivity index (χ1n) is 4.54. The summed E-state index contributed by atoms with van der Waals surface area (Å²) in [5, 5.41) is 2.12. The summed E-state index contributed by atoms with van der Waals surface area (Å²) >= 11 is 1.77. The summed E-state index contributed by atoms with van der Waals surface area (Å²) in [5.41, 5.74) is 1.34. The molecule has 0 atom stereocenters. The molecule has 2 aromatic heterocycles. The Bertz CT molecular complexity index is 429. The van der Waals surface area contributed by atoms with Crippen LogP contribution in [0.4, 0.5) is 0 Å². The smallest absolute Gasteiger partial charge is 0.174 e. The quantitative estimate of drug-likeness (QED) is 0.659. The minimum atomic E-state index is 1.32. The van der Waals surface area contributed by atoms with Gasteiger partial charge in [-0.15, -0.1) is 11.3 Å². The van der Waals surface area contributed by atoms with Crippen LogP contribution in [0.15, 0.2) is 42.0 Å². The van der Waals surface area contributed by atoms with E-state index in [1.807, 2.05) is 35.2 Å². The zero-order valence-electron chi connectivity index (χ0n) is 8.05. The Morgan fingerprint density at radius 3 is 2.64 bits per heavy atom. The van der Waals surface area contributed by atoms with Gasteiger partial charge in [0.2, 0.25) is 0 Å². The molecule has 0 fully saturated rings. The lowest BCUT2D eigenvalue weighted by Gasteiger charge is -1.87. The second kappa shape index (κ2) is 4.20. The molecule has 0 aromatic carbocycles. The molecule has 2 aromatic rings. The van der Waals surface area contributed by atoms with Crippen molar-refractivity contribution in [1.82, 2.24) is 0 Å². The number of thiophene rings is 1. The maximum Gasteiger partial charge on any atom is 0.175 e. The van der Waals surface area contributed by atoms with Crippen LogP contribution in [-0.4, -0.2) is 0 Å². The number of hydrogen-bond acceptors (Lipinski definition) is 1. The lowest BCUT2D eigenvalue weighted by atomic mass is 10.3. The Morgan fingerprint density at radius 1 is 1.21 bits per heavy atom. The number of rotatable bonds is 2. The molecule has 0 N–H and O–H groups in total. The summed E-state index contributed by atoms with van der Waals surface area (Å²) in [6, 6.07) is 8.19. The molecule has 0 aliphatic rings. The van der Waals surface area contributed by atoms with Crippen LogP contribution in [0.25, 0.3) is 12.3 Å². The molecule has 0 unspecified atom stereocenters. The van der Waals surface area contributed by atoms with Crippen LogP contribution >= 0.6 is 11.3 Å².